The van der Waals surface area contributed by atoms with Crippen LogP contribution in [0.2, 0.25) is 0 Å². The van der Waals surface area contributed by atoms with Crippen LogP contribution in [0.1, 0.15) is 51.1 Å². The highest BCUT2D eigenvalue weighted by molar-refractivity contribution is 7.89. The van der Waals surface area contributed by atoms with Gasteiger partial charge in [0.15, 0.2) is 0 Å². The van der Waals surface area contributed by atoms with E-state index in [2.05, 4.69) is 10.0 Å². The Labute approximate surface area is 122 Å². The fourth-order valence-electron chi connectivity index (χ4n) is 2.58. The van der Waals surface area contributed by atoms with Gasteiger partial charge in [-0.15, -0.1) is 0 Å². The van der Waals surface area contributed by atoms with Crippen molar-refractivity contribution in [1.29, 1.82) is 0 Å². The predicted octanol–water partition coefficient (Wildman–Crippen LogP) is 2.58. The highest BCUT2D eigenvalue weighted by atomic mass is 32.2. The van der Waals surface area contributed by atoms with Crippen molar-refractivity contribution in [2.45, 2.75) is 56.0 Å². The average Bonchev–Trinajstić information content (AvgIpc) is 2.42. The molecule has 2 rings (SSSR count). The molecular weight excluding hydrogens is 272 g/mol. The van der Waals surface area contributed by atoms with Gasteiger partial charge in [-0.25, -0.2) is 13.1 Å². The van der Waals surface area contributed by atoms with Crippen LogP contribution in [0.15, 0.2) is 29.2 Å². The zero-order valence-electron chi connectivity index (χ0n) is 12.4. The van der Waals surface area contributed by atoms with Gasteiger partial charge in [0.1, 0.15) is 0 Å². The van der Waals surface area contributed by atoms with Crippen LogP contribution >= 0.6 is 0 Å². The molecule has 1 unspecified atom stereocenters. The molecule has 0 saturated heterocycles. The molecule has 0 spiro atoms. The fourth-order valence-corrected chi connectivity index (χ4v) is 4.11. The number of nitrogens with one attached hydrogen (secondary N) is 2. The van der Waals surface area contributed by atoms with Crippen LogP contribution in [0.3, 0.4) is 0 Å². The normalized spacial score (nSPS) is 19.4. The molecule has 1 aliphatic rings. The number of benzene rings is 1. The van der Waals surface area contributed by atoms with Crippen LogP contribution in [0, 0.1) is 0 Å². The molecule has 0 aliphatic heterocycles. The molecule has 0 bridgehead atoms. The first-order valence-electron chi connectivity index (χ1n) is 7.24. The summed E-state index contributed by atoms with van der Waals surface area (Å²) in [6, 6.07) is 7.33. The van der Waals surface area contributed by atoms with Gasteiger partial charge in [-0.3, -0.25) is 0 Å². The lowest BCUT2D eigenvalue weighted by molar-refractivity contribution is 0.214. The third kappa shape index (κ3) is 3.05. The minimum absolute atomic E-state index is 0.213. The Kier molecular flexibility index (Phi) is 4.52. The van der Waals surface area contributed by atoms with E-state index in [1.54, 1.807) is 12.1 Å². The van der Waals surface area contributed by atoms with E-state index in [9.17, 15) is 8.42 Å². The highest BCUT2D eigenvalue weighted by Gasteiger charge is 2.38. The van der Waals surface area contributed by atoms with Crippen LogP contribution in [0.25, 0.3) is 0 Å². The Morgan fingerprint density at radius 3 is 2.25 bits per heavy atom. The van der Waals surface area contributed by atoms with Gasteiger partial charge in [-0.05, 0) is 57.4 Å². The molecule has 1 aromatic rings. The van der Waals surface area contributed by atoms with Crippen molar-refractivity contribution in [3.63, 3.8) is 0 Å². The van der Waals surface area contributed by atoms with Crippen molar-refractivity contribution in [3.05, 3.63) is 29.8 Å². The summed E-state index contributed by atoms with van der Waals surface area (Å²) in [4.78, 5) is 0.351. The molecule has 1 fully saturated rings. The van der Waals surface area contributed by atoms with Crippen LogP contribution in [-0.2, 0) is 10.0 Å². The van der Waals surface area contributed by atoms with Crippen molar-refractivity contribution < 1.29 is 8.42 Å². The third-order valence-corrected chi connectivity index (χ3v) is 6.06. The van der Waals surface area contributed by atoms with Crippen LogP contribution in [0.4, 0.5) is 0 Å². The van der Waals surface area contributed by atoms with E-state index in [-0.39, 0.29) is 11.6 Å². The van der Waals surface area contributed by atoms with Gasteiger partial charge in [0.05, 0.1) is 4.90 Å². The molecule has 1 saturated carbocycles. The smallest absolute Gasteiger partial charge is 0.241 e. The number of hydrogen-bond acceptors (Lipinski definition) is 3. The summed E-state index contributed by atoms with van der Waals surface area (Å²) >= 11 is 0. The second-order valence-corrected chi connectivity index (χ2v) is 7.35. The maximum atomic E-state index is 12.4. The lowest BCUT2D eigenvalue weighted by Crippen LogP contribution is -2.52. The highest BCUT2D eigenvalue weighted by Crippen LogP contribution is 2.36. The number of hydrogen-bond donors (Lipinski definition) is 2. The summed E-state index contributed by atoms with van der Waals surface area (Å²) in [5.74, 6) is 0. The van der Waals surface area contributed by atoms with Crippen LogP contribution in [0.5, 0.6) is 0 Å². The Morgan fingerprint density at radius 1 is 1.25 bits per heavy atom. The zero-order chi connectivity index (χ0) is 14.8. The fraction of sp³-hybridized carbons (Fsp3) is 0.600. The van der Waals surface area contributed by atoms with Crippen molar-refractivity contribution in [3.8, 4) is 0 Å². The van der Waals surface area contributed by atoms with Gasteiger partial charge in [0.25, 0.3) is 0 Å². The number of rotatable bonds is 6. The van der Waals surface area contributed by atoms with Crippen LogP contribution < -0.4 is 10.0 Å². The lowest BCUT2D eigenvalue weighted by Gasteiger charge is -2.41. The summed E-state index contributed by atoms with van der Waals surface area (Å²) in [6.45, 7) is 4.08. The monoisotopic (exact) mass is 296 g/mol. The first-order chi connectivity index (χ1) is 9.42. The van der Waals surface area contributed by atoms with E-state index >= 15 is 0 Å². The maximum Gasteiger partial charge on any atom is 0.241 e. The Bertz CT molecular complexity index is 542. The third-order valence-electron chi connectivity index (χ3n) is 4.46. The SMILES string of the molecule is CCC1(NS(=O)(=O)c2ccc(C(C)NC)cc2)CCC1. The van der Waals surface area contributed by atoms with E-state index in [4.69, 9.17) is 0 Å². The molecule has 1 aliphatic carbocycles. The Morgan fingerprint density at radius 2 is 1.85 bits per heavy atom. The first kappa shape index (κ1) is 15.5. The standard InChI is InChI=1S/C15H24N2O2S/c1-4-15(10-5-11-15)17-20(18,19)14-8-6-13(7-9-14)12(2)16-3/h6-9,12,16-17H,4-5,10-11H2,1-3H3. The summed E-state index contributed by atoms with van der Waals surface area (Å²) in [6.07, 6.45) is 3.84. The minimum Gasteiger partial charge on any atom is -0.313 e. The van der Waals surface area contributed by atoms with Gasteiger partial charge < -0.3 is 5.32 Å². The van der Waals surface area contributed by atoms with Crippen molar-refractivity contribution in [2.75, 3.05) is 7.05 Å². The van der Waals surface area contributed by atoms with E-state index < -0.39 is 10.0 Å². The van der Waals surface area contributed by atoms with E-state index in [0.717, 1.165) is 31.2 Å². The average molecular weight is 296 g/mol. The molecule has 20 heavy (non-hydrogen) atoms. The summed E-state index contributed by atoms with van der Waals surface area (Å²) in [5.41, 5.74) is 0.871. The van der Waals surface area contributed by atoms with Gasteiger partial charge in [-0.1, -0.05) is 19.1 Å². The van der Waals surface area contributed by atoms with Crippen molar-refractivity contribution in [2.24, 2.45) is 0 Å². The van der Waals surface area contributed by atoms with Gasteiger partial charge in [0, 0.05) is 11.6 Å². The number of sulfonamides is 1. The van der Waals surface area contributed by atoms with E-state index in [1.165, 1.54) is 0 Å². The zero-order valence-corrected chi connectivity index (χ0v) is 13.3. The minimum atomic E-state index is -3.41. The molecule has 1 atom stereocenters. The lowest BCUT2D eigenvalue weighted by atomic mass is 9.76. The second-order valence-electron chi connectivity index (χ2n) is 5.67. The second kappa shape index (κ2) is 5.84. The molecule has 2 N–H and O–H groups in total. The Hall–Kier alpha value is -0.910. The van der Waals surface area contributed by atoms with Gasteiger partial charge in [-0.2, -0.15) is 0 Å². The van der Waals surface area contributed by atoms with Crippen LogP contribution in [-0.4, -0.2) is 21.0 Å². The maximum absolute atomic E-state index is 12.4. The molecular formula is C15H24N2O2S. The molecule has 0 radical (unpaired) electrons. The van der Waals surface area contributed by atoms with E-state index in [0.29, 0.717) is 4.90 Å². The quantitative estimate of drug-likeness (QED) is 0.848. The van der Waals surface area contributed by atoms with Gasteiger partial charge in [0.2, 0.25) is 10.0 Å². The van der Waals surface area contributed by atoms with Crippen molar-refractivity contribution in [1.82, 2.24) is 10.0 Å². The molecule has 1 aromatic carbocycles. The molecule has 112 valence electrons. The predicted molar refractivity (Wildman–Crippen MR) is 81.1 cm³/mol. The molecule has 0 aromatic heterocycles. The Balaban J connectivity index is 2.17. The van der Waals surface area contributed by atoms with E-state index in [1.807, 2.05) is 33.0 Å². The summed E-state index contributed by atoms with van der Waals surface area (Å²) < 4.78 is 27.7. The summed E-state index contributed by atoms with van der Waals surface area (Å²) in [5, 5.41) is 3.14. The van der Waals surface area contributed by atoms with Crippen molar-refractivity contribution >= 4 is 10.0 Å². The molecule has 5 heteroatoms. The largest absolute Gasteiger partial charge is 0.313 e. The molecule has 0 heterocycles. The first-order valence-corrected chi connectivity index (χ1v) is 8.72. The summed E-state index contributed by atoms with van der Waals surface area (Å²) in [7, 11) is -1.52. The molecule has 4 nitrogen and oxygen atoms in total. The topological polar surface area (TPSA) is 58.2 Å². The molecule has 0 amide bonds. The van der Waals surface area contributed by atoms with Gasteiger partial charge >= 0.3 is 0 Å².